The Labute approximate surface area is 124 Å². The van der Waals surface area contributed by atoms with Gasteiger partial charge in [-0.1, -0.05) is 0 Å². The van der Waals surface area contributed by atoms with E-state index in [4.69, 9.17) is 0 Å². The summed E-state index contributed by atoms with van der Waals surface area (Å²) in [6, 6.07) is 3.65. The first-order chi connectivity index (χ1) is 10.3. The van der Waals surface area contributed by atoms with Crippen LogP contribution in [0.15, 0.2) is 18.2 Å². The van der Waals surface area contributed by atoms with Crippen LogP contribution in [-0.4, -0.2) is 45.4 Å². The summed E-state index contributed by atoms with van der Waals surface area (Å²) in [5.41, 5.74) is 0.0310. The van der Waals surface area contributed by atoms with Crippen LogP contribution in [-0.2, 0) is 9.53 Å². The molecule has 0 saturated heterocycles. The standard InChI is InChI=1S/C13H15F3N2O4/c1-17-6-11(19)18-9-4-3-8(12(20)21-2)5-10(9)22-7-13(14,15)16/h3-5,17H,6-7H2,1-2H3,(H,18,19). The zero-order valence-corrected chi connectivity index (χ0v) is 11.9. The lowest BCUT2D eigenvalue weighted by molar-refractivity contribution is -0.153. The number of carbonyl (C=O) groups is 2. The first-order valence-electron chi connectivity index (χ1n) is 6.13. The zero-order chi connectivity index (χ0) is 16.8. The first kappa shape index (κ1) is 17.8. The van der Waals surface area contributed by atoms with Gasteiger partial charge in [-0.2, -0.15) is 13.2 Å². The van der Waals surface area contributed by atoms with E-state index in [9.17, 15) is 22.8 Å². The predicted molar refractivity (Wildman–Crippen MR) is 71.9 cm³/mol. The van der Waals surface area contributed by atoms with Gasteiger partial charge in [-0.3, -0.25) is 4.79 Å². The van der Waals surface area contributed by atoms with Crippen molar-refractivity contribution >= 4 is 17.6 Å². The number of likely N-dealkylation sites (N-methyl/N-ethyl adjacent to an activating group) is 1. The SMILES string of the molecule is CNCC(=O)Nc1ccc(C(=O)OC)cc1OCC(F)(F)F. The Morgan fingerprint density at radius 1 is 1.27 bits per heavy atom. The van der Waals surface area contributed by atoms with Gasteiger partial charge in [-0.25, -0.2) is 4.79 Å². The number of ether oxygens (including phenoxy) is 2. The molecule has 22 heavy (non-hydrogen) atoms. The van der Waals surface area contributed by atoms with Crippen molar-refractivity contribution in [1.82, 2.24) is 5.32 Å². The van der Waals surface area contributed by atoms with Gasteiger partial charge in [0.1, 0.15) is 5.75 Å². The molecule has 0 fully saturated rings. The van der Waals surface area contributed by atoms with Crippen LogP contribution in [0.5, 0.6) is 5.75 Å². The molecule has 2 N–H and O–H groups in total. The van der Waals surface area contributed by atoms with Crippen molar-refractivity contribution < 1.29 is 32.2 Å². The minimum Gasteiger partial charge on any atom is -0.482 e. The molecular weight excluding hydrogens is 305 g/mol. The van der Waals surface area contributed by atoms with Crippen molar-refractivity contribution in [2.75, 3.05) is 32.6 Å². The van der Waals surface area contributed by atoms with Crippen LogP contribution in [0.1, 0.15) is 10.4 Å². The number of amides is 1. The normalized spacial score (nSPS) is 11.0. The molecule has 6 nitrogen and oxygen atoms in total. The van der Waals surface area contributed by atoms with E-state index in [1.165, 1.54) is 12.1 Å². The minimum absolute atomic E-state index is 0.00582. The first-order valence-corrected chi connectivity index (χ1v) is 6.13. The average Bonchev–Trinajstić information content (AvgIpc) is 2.44. The molecule has 1 aromatic rings. The van der Waals surface area contributed by atoms with Crippen LogP contribution >= 0.6 is 0 Å². The summed E-state index contributed by atoms with van der Waals surface area (Å²) in [7, 11) is 2.68. The van der Waals surface area contributed by atoms with Gasteiger partial charge in [-0.15, -0.1) is 0 Å². The highest BCUT2D eigenvalue weighted by atomic mass is 19.4. The number of rotatable bonds is 6. The van der Waals surface area contributed by atoms with Gasteiger partial charge in [-0.05, 0) is 25.2 Å². The van der Waals surface area contributed by atoms with Crippen molar-refractivity contribution in [2.45, 2.75) is 6.18 Å². The van der Waals surface area contributed by atoms with Gasteiger partial charge in [0.2, 0.25) is 5.91 Å². The molecule has 122 valence electrons. The molecule has 0 spiro atoms. The summed E-state index contributed by atoms with van der Waals surface area (Å²) in [6.45, 7) is -1.58. The second-order valence-electron chi connectivity index (χ2n) is 4.18. The van der Waals surface area contributed by atoms with Gasteiger partial charge < -0.3 is 20.1 Å². The molecule has 1 aromatic carbocycles. The average molecular weight is 320 g/mol. The highest BCUT2D eigenvalue weighted by molar-refractivity contribution is 5.95. The number of hydrogen-bond acceptors (Lipinski definition) is 5. The van der Waals surface area contributed by atoms with Gasteiger partial charge in [0.15, 0.2) is 6.61 Å². The predicted octanol–water partition coefficient (Wildman–Crippen LogP) is 1.57. The maximum absolute atomic E-state index is 12.3. The van der Waals surface area contributed by atoms with Gasteiger partial charge in [0.25, 0.3) is 0 Å². The van der Waals surface area contributed by atoms with E-state index in [1.54, 1.807) is 7.05 Å². The summed E-state index contributed by atoms with van der Waals surface area (Å²) in [5.74, 6) is -1.47. The Bertz CT molecular complexity index is 547. The lowest BCUT2D eigenvalue weighted by Crippen LogP contribution is -2.26. The molecule has 0 radical (unpaired) electrons. The number of methoxy groups -OCH3 is 1. The number of esters is 1. The number of nitrogens with one attached hydrogen (secondary N) is 2. The largest absolute Gasteiger partial charge is 0.482 e. The van der Waals surface area contributed by atoms with E-state index in [1.807, 2.05) is 0 Å². The number of carbonyl (C=O) groups excluding carboxylic acids is 2. The van der Waals surface area contributed by atoms with E-state index >= 15 is 0 Å². The molecule has 9 heteroatoms. The second kappa shape index (κ2) is 7.64. The second-order valence-corrected chi connectivity index (χ2v) is 4.18. The van der Waals surface area contributed by atoms with Crippen LogP contribution in [0.4, 0.5) is 18.9 Å². The fourth-order valence-electron chi connectivity index (χ4n) is 1.50. The Kier molecular flexibility index (Phi) is 6.17. The minimum atomic E-state index is -4.55. The van der Waals surface area contributed by atoms with E-state index in [2.05, 4.69) is 20.1 Å². The van der Waals surface area contributed by atoms with Gasteiger partial charge in [0, 0.05) is 0 Å². The molecule has 0 atom stereocenters. The summed E-state index contributed by atoms with van der Waals surface area (Å²) in [6.07, 6.45) is -4.55. The molecule has 1 rings (SSSR count). The Morgan fingerprint density at radius 2 is 1.95 bits per heavy atom. The molecule has 0 aromatic heterocycles. The summed E-state index contributed by atoms with van der Waals surface area (Å²) in [5, 5.41) is 4.98. The number of halogens is 3. The van der Waals surface area contributed by atoms with Gasteiger partial charge >= 0.3 is 12.1 Å². The third-order valence-electron chi connectivity index (χ3n) is 2.41. The quantitative estimate of drug-likeness (QED) is 0.778. The third kappa shape index (κ3) is 5.60. The van der Waals surface area contributed by atoms with Crippen molar-refractivity contribution in [3.05, 3.63) is 23.8 Å². The van der Waals surface area contributed by atoms with Crippen LogP contribution in [0.2, 0.25) is 0 Å². The van der Waals surface area contributed by atoms with E-state index in [0.29, 0.717) is 0 Å². The highest BCUT2D eigenvalue weighted by Gasteiger charge is 2.29. The van der Waals surface area contributed by atoms with Crippen LogP contribution in [0.25, 0.3) is 0 Å². The third-order valence-corrected chi connectivity index (χ3v) is 2.41. The highest BCUT2D eigenvalue weighted by Crippen LogP contribution is 2.28. The number of benzene rings is 1. The molecule has 0 aliphatic carbocycles. The van der Waals surface area contributed by atoms with Crippen LogP contribution in [0, 0.1) is 0 Å². The Morgan fingerprint density at radius 3 is 2.50 bits per heavy atom. The monoisotopic (exact) mass is 320 g/mol. The van der Waals surface area contributed by atoms with E-state index < -0.39 is 24.7 Å². The summed E-state index contributed by atoms with van der Waals surface area (Å²) < 4.78 is 45.9. The molecule has 0 aliphatic rings. The van der Waals surface area contributed by atoms with E-state index in [0.717, 1.165) is 13.2 Å². The van der Waals surface area contributed by atoms with Crippen LogP contribution < -0.4 is 15.4 Å². The number of alkyl halides is 3. The van der Waals surface area contributed by atoms with Crippen molar-refractivity contribution in [2.24, 2.45) is 0 Å². The van der Waals surface area contributed by atoms with E-state index in [-0.39, 0.29) is 23.5 Å². The zero-order valence-electron chi connectivity index (χ0n) is 11.9. The number of hydrogen-bond donors (Lipinski definition) is 2. The molecule has 0 bridgehead atoms. The lowest BCUT2D eigenvalue weighted by Gasteiger charge is -2.15. The molecular formula is C13H15F3N2O4. The summed E-state index contributed by atoms with van der Waals surface area (Å²) in [4.78, 5) is 22.9. The van der Waals surface area contributed by atoms with Crippen LogP contribution in [0.3, 0.4) is 0 Å². The maximum atomic E-state index is 12.3. The summed E-state index contributed by atoms with van der Waals surface area (Å²) >= 11 is 0. The molecule has 1 amide bonds. The molecule has 0 saturated carbocycles. The molecule has 0 aliphatic heterocycles. The van der Waals surface area contributed by atoms with Crippen molar-refractivity contribution in [3.63, 3.8) is 0 Å². The molecule has 0 unspecified atom stereocenters. The fourth-order valence-corrected chi connectivity index (χ4v) is 1.50. The molecule has 0 heterocycles. The lowest BCUT2D eigenvalue weighted by atomic mass is 10.2. The van der Waals surface area contributed by atoms with Crippen molar-refractivity contribution in [1.29, 1.82) is 0 Å². The topological polar surface area (TPSA) is 76.7 Å². The van der Waals surface area contributed by atoms with Crippen molar-refractivity contribution in [3.8, 4) is 5.75 Å². The number of anilines is 1. The Hall–Kier alpha value is -2.29. The Balaban J connectivity index is 3.02. The van der Waals surface area contributed by atoms with Gasteiger partial charge in [0.05, 0.1) is 24.9 Å². The maximum Gasteiger partial charge on any atom is 0.422 e. The smallest absolute Gasteiger partial charge is 0.422 e. The fraction of sp³-hybridized carbons (Fsp3) is 0.385.